The van der Waals surface area contributed by atoms with Crippen molar-refractivity contribution in [3.63, 3.8) is 0 Å². The van der Waals surface area contributed by atoms with Crippen LogP contribution in [0.25, 0.3) is 28.4 Å². The highest BCUT2D eigenvalue weighted by Crippen LogP contribution is 2.41. The molecule has 3 aromatic heterocycles. The van der Waals surface area contributed by atoms with E-state index in [1.807, 2.05) is 0 Å². The standard InChI is InChI=1S/C23H20FN5O3/c1-2-31-22(30)17-11-16(17)21(26)29-12-14(5-8-18(29)25)20-19(13-3-6-15(24)7-4-13)27-23-28(20)9-10-32-23/h3-10,12,16-17,25-26H,2,11H2,1H3/t16?,17-/m1/s1. The third-order valence-corrected chi connectivity index (χ3v) is 5.59. The van der Waals surface area contributed by atoms with Crippen LogP contribution in [0, 0.1) is 28.5 Å². The average Bonchev–Trinajstić information content (AvgIpc) is 3.33. The predicted molar refractivity (Wildman–Crippen MR) is 113 cm³/mol. The number of pyridine rings is 1. The van der Waals surface area contributed by atoms with Gasteiger partial charge in [0.15, 0.2) is 0 Å². The van der Waals surface area contributed by atoms with Crippen molar-refractivity contribution in [3.8, 4) is 22.5 Å². The SMILES string of the molecule is CCOC(=O)[C@@H]1CC1C(=N)n1cc(-c2c(-c3ccc(F)cc3)nc3occn23)ccc1=N. The van der Waals surface area contributed by atoms with Crippen LogP contribution in [-0.4, -0.2) is 32.4 Å². The van der Waals surface area contributed by atoms with Crippen molar-refractivity contribution in [1.82, 2.24) is 14.0 Å². The Morgan fingerprint density at radius 3 is 2.72 bits per heavy atom. The molecule has 1 aliphatic carbocycles. The van der Waals surface area contributed by atoms with Crippen molar-refractivity contribution in [2.24, 2.45) is 11.8 Å². The number of nitrogens with one attached hydrogen (secondary N) is 2. The number of benzene rings is 1. The van der Waals surface area contributed by atoms with Gasteiger partial charge < -0.3 is 9.15 Å². The number of hydrogen-bond donors (Lipinski definition) is 2. The highest BCUT2D eigenvalue weighted by Gasteiger charge is 2.47. The van der Waals surface area contributed by atoms with Gasteiger partial charge in [-0.2, -0.15) is 4.98 Å². The summed E-state index contributed by atoms with van der Waals surface area (Å²) in [5.74, 6) is -0.729. The van der Waals surface area contributed by atoms with E-state index in [1.165, 1.54) is 23.0 Å². The molecule has 2 N–H and O–H groups in total. The number of carbonyl (C=O) groups is 1. The predicted octanol–water partition coefficient (Wildman–Crippen LogP) is 3.71. The van der Waals surface area contributed by atoms with Crippen LogP contribution in [-0.2, 0) is 9.53 Å². The maximum atomic E-state index is 13.5. The van der Waals surface area contributed by atoms with E-state index in [2.05, 4.69) is 4.98 Å². The zero-order valence-electron chi connectivity index (χ0n) is 17.2. The van der Waals surface area contributed by atoms with Crippen LogP contribution in [0.4, 0.5) is 4.39 Å². The van der Waals surface area contributed by atoms with E-state index in [9.17, 15) is 9.18 Å². The summed E-state index contributed by atoms with van der Waals surface area (Å²) in [7, 11) is 0. The van der Waals surface area contributed by atoms with Gasteiger partial charge in [-0.3, -0.25) is 24.6 Å². The summed E-state index contributed by atoms with van der Waals surface area (Å²) < 4.78 is 27.2. The van der Waals surface area contributed by atoms with E-state index in [0.29, 0.717) is 41.4 Å². The van der Waals surface area contributed by atoms with Gasteiger partial charge in [-0.15, -0.1) is 0 Å². The molecular formula is C23H20FN5O3. The zero-order chi connectivity index (χ0) is 22.4. The fourth-order valence-electron chi connectivity index (χ4n) is 3.90. The summed E-state index contributed by atoms with van der Waals surface area (Å²) in [4.78, 5) is 16.6. The molecule has 0 saturated heterocycles. The number of rotatable bonds is 5. The van der Waals surface area contributed by atoms with E-state index in [4.69, 9.17) is 20.0 Å². The maximum Gasteiger partial charge on any atom is 0.309 e. The minimum Gasteiger partial charge on any atom is -0.466 e. The number of fused-ring (bicyclic) bond motifs is 1. The number of ether oxygens (including phenoxy) is 1. The summed E-state index contributed by atoms with van der Waals surface area (Å²) in [6.07, 6.45) is 5.47. The van der Waals surface area contributed by atoms with Crippen LogP contribution >= 0.6 is 0 Å². The normalized spacial score (nSPS) is 17.4. The Hall–Kier alpha value is -4.01. The number of imidazole rings is 1. The lowest BCUT2D eigenvalue weighted by Gasteiger charge is -2.12. The smallest absolute Gasteiger partial charge is 0.309 e. The Bertz CT molecular complexity index is 1400. The molecule has 1 aromatic carbocycles. The van der Waals surface area contributed by atoms with Crippen molar-refractivity contribution in [2.45, 2.75) is 13.3 Å². The van der Waals surface area contributed by atoms with Crippen molar-refractivity contribution in [1.29, 1.82) is 10.8 Å². The molecule has 1 fully saturated rings. The Balaban J connectivity index is 1.57. The number of esters is 1. The van der Waals surface area contributed by atoms with Gasteiger partial charge in [-0.1, -0.05) is 0 Å². The first-order valence-corrected chi connectivity index (χ1v) is 10.2. The molecule has 2 atom stereocenters. The number of hydrogen-bond acceptors (Lipinski definition) is 6. The maximum absolute atomic E-state index is 13.5. The molecule has 0 radical (unpaired) electrons. The van der Waals surface area contributed by atoms with E-state index < -0.39 is 0 Å². The van der Waals surface area contributed by atoms with Crippen LogP contribution in [0.3, 0.4) is 0 Å². The van der Waals surface area contributed by atoms with Gasteiger partial charge in [0.05, 0.1) is 18.2 Å². The second-order valence-corrected chi connectivity index (χ2v) is 7.63. The summed E-state index contributed by atoms with van der Waals surface area (Å²) in [6.45, 7) is 2.05. The van der Waals surface area contributed by atoms with Crippen molar-refractivity contribution >= 4 is 17.6 Å². The van der Waals surface area contributed by atoms with Gasteiger partial charge in [-0.05, 0) is 49.7 Å². The van der Waals surface area contributed by atoms with E-state index in [0.717, 1.165) is 0 Å². The van der Waals surface area contributed by atoms with Crippen molar-refractivity contribution in [2.75, 3.05) is 6.61 Å². The lowest BCUT2D eigenvalue weighted by atomic mass is 10.1. The first-order chi connectivity index (χ1) is 15.5. The molecule has 32 heavy (non-hydrogen) atoms. The highest BCUT2D eigenvalue weighted by atomic mass is 19.1. The van der Waals surface area contributed by atoms with Crippen LogP contribution in [0.1, 0.15) is 13.3 Å². The topological polar surface area (TPSA) is 109 Å². The minimum absolute atomic E-state index is 0.129. The molecule has 3 heterocycles. The summed E-state index contributed by atoms with van der Waals surface area (Å²) in [5.41, 5.74) is 2.83. The third-order valence-electron chi connectivity index (χ3n) is 5.59. The highest BCUT2D eigenvalue weighted by molar-refractivity contribution is 5.93. The van der Waals surface area contributed by atoms with Crippen LogP contribution in [0.2, 0.25) is 0 Å². The van der Waals surface area contributed by atoms with Gasteiger partial charge in [0.25, 0.3) is 0 Å². The van der Waals surface area contributed by atoms with Gasteiger partial charge >= 0.3 is 11.8 Å². The monoisotopic (exact) mass is 433 g/mol. The molecule has 9 heteroatoms. The van der Waals surface area contributed by atoms with E-state index in [-0.39, 0.29) is 34.9 Å². The second kappa shape index (κ2) is 7.60. The minimum atomic E-state index is -0.344. The largest absolute Gasteiger partial charge is 0.466 e. The molecule has 0 amide bonds. The molecule has 4 aromatic rings. The molecular weight excluding hydrogens is 413 g/mol. The Morgan fingerprint density at radius 1 is 1.22 bits per heavy atom. The summed E-state index contributed by atoms with van der Waals surface area (Å²) >= 11 is 0. The lowest BCUT2D eigenvalue weighted by molar-refractivity contribution is -0.144. The fourth-order valence-corrected chi connectivity index (χ4v) is 3.90. The number of aromatic nitrogens is 3. The quantitative estimate of drug-likeness (QED) is 0.284. The lowest BCUT2D eigenvalue weighted by Crippen LogP contribution is -2.28. The van der Waals surface area contributed by atoms with Crippen molar-refractivity contribution < 1.29 is 18.3 Å². The Labute approximate surface area is 181 Å². The average molecular weight is 433 g/mol. The Kier molecular flexibility index (Phi) is 4.73. The molecule has 5 rings (SSSR count). The molecule has 0 spiro atoms. The van der Waals surface area contributed by atoms with Crippen LogP contribution in [0.5, 0.6) is 0 Å². The Morgan fingerprint density at radius 2 is 1.97 bits per heavy atom. The van der Waals surface area contributed by atoms with Crippen LogP contribution in [0.15, 0.2) is 59.5 Å². The molecule has 8 nitrogen and oxygen atoms in total. The first kappa shape index (κ1) is 19.9. The number of oxazole rings is 1. The number of nitrogens with zero attached hydrogens (tertiary/aromatic N) is 3. The summed E-state index contributed by atoms with van der Waals surface area (Å²) in [5, 5.41) is 16.9. The fraction of sp³-hybridized carbons (Fsp3) is 0.217. The van der Waals surface area contributed by atoms with Gasteiger partial charge in [0, 0.05) is 29.4 Å². The molecule has 1 aliphatic rings. The number of carbonyl (C=O) groups excluding carboxylic acids is 1. The summed E-state index contributed by atoms with van der Waals surface area (Å²) in [6, 6.07) is 9.38. The van der Waals surface area contributed by atoms with Gasteiger partial charge in [0.2, 0.25) is 0 Å². The van der Waals surface area contributed by atoms with Crippen molar-refractivity contribution in [3.05, 3.63) is 66.4 Å². The molecule has 162 valence electrons. The molecule has 0 aliphatic heterocycles. The third kappa shape index (κ3) is 3.31. The first-order valence-electron chi connectivity index (χ1n) is 10.2. The van der Waals surface area contributed by atoms with Crippen LogP contribution < -0.4 is 5.49 Å². The molecule has 1 saturated carbocycles. The van der Waals surface area contributed by atoms with Gasteiger partial charge in [-0.25, -0.2) is 4.39 Å². The zero-order valence-corrected chi connectivity index (χ0v) is 17.2. The second-order valence-electron chi connectivity index (χ2n) is 7.63. The number of halogens is 1. The molecule has 1 unspecified atom stereocenters. The molecule has 0 bridgehead atoms. The van der Waals surface area contributed by atoms with E-state index >= 15 is 0 Å². The van der Waals surface area contributed by atoms with E-state index in [1.54, 1.807) is 48.0 Å². The van der Waals surface area contributed by atoms with Gasteiger partial charge in [0.1, 0.15) is 29.1 Å².